The molecule has 2 aromatic carbocycles. The van der Waals surface area contributed by atoms with Gasteiger partial charge in [0.1, 0.15) is 5.75 Å². The van der Waals surface area contributed by atoms with Gasteiger partial charge in [0, 0.05) is 13.1 Å². The zero-order valence-corrected chi connectivity index (χ0v) is 19.0. The Morgan fingerprint density at radius 3 is 2.34 bits per heavy atom. The normalized spacial score (nSPS) is 12.2. The minimum Gasteiger partial charge on any atom is -0.497 e. The summed E-state index contributed by atoms with van der Waals surface area (Å²) < 4.78 is 71.3. The Morgan fingerprint density at radius 1 is 1.12 bits per heavy atom. The second kappa shape index (κ2) is 10.8. The van der Waals surface area contributed by atoms with Crippen LogP contribution in [0.1, 0.15) is 31.4 Å². The van der Waals surface area contributed by atoms with Crippen molar-refractivity contribution in [1.29, 1.82) is 0 Å². The van der Waals surface area contributed by atoms with Gasteiger partial charge >= 0.3 is 6.18 Å². The fourth-order valence-electron chi connectivity index (χ4n) is 2.83. The predicted molar refractivity (Wildman–Crippen MR) is 114 cm³/mol. The van der Waals surface area contributed by atoms with Crippen molar-refractivity contribution in [2.45, 2.75) is 37.9 Å². The van der Waals surface area contributed by atoms with Crippen molar-refractivity contribution in [3.8, 4) is 5.75 Å². The third-order valence-corrected chi connectivity index (χ3v) is 6.56. The van der Waals surface area contributed by atoms with Crippen molar-refractivity contribution < 1.29 is 31.1 Å². The van der Waals surface area contributed by atoms with Gasteiger partial charge in [0.25, 0.3) is 0 Å². The van der Waals surface area contributed by atoms with E-state index in [1.165, 1.54) is 7.11 Å². The summed E-state index contributed by atoms with van der Waals surface area (Å²) in [4.78, 5) is 12.0. The molecule has 0 aliphatic heterocycles. The molecule has 32 heavy (non-hydrogen) atoms. The van der Waals surface area contributed by atoms with Crippen molar-refractivity contribution >= 4 is 15.9 Å². The number of alkyl halides is 3. The van der Waals surface area contributed by atoms with Crippen molar-refractivity contribution in [1.82, 2.24) is 9.62 Å². The van der Waals surface area contributed by atoms with Crippen LogP contribution in [0.5, 0.6) is 5.75 Å². The molecule has 1 N–H and O–H groups in total. The number of nitrogens with zero attached hydrogens (tertiary/aromatic N) is 1. The Balaban J connectivity index is 2.18. The van der Waals surface area contributed by atoms with Crippen LogP contribution in [0.3, 0.4) is 0 Å². The second-order valence-electron chi connectivity index (χ2n) is 7.67. The first-order chi connectivity index (χ1) is 14.9. The van der Waals surface area contributed by atoms with Gasteiger partial charge in [0.05, 0.1) is 24.1 Å². The average molecular weight is 473 g/mol. The summed E-state index contributed by atoms with van der Waals surface area (Å²) >= 11 is 0. The minimum atomic E-state index is -4.68. The molecule has 0 radical (unpaired) electrons. The smallest absolute Gasteiger partial charge is 0.416 e. The number of halogens is 3. The highest BCUT2D eigenvalue weighted by atomic mass is 32.2. The van der Waals surface area contributed by atoms with Crippen LogP contribution in [-0.4, -0.2) is 38.8 Å². The van der Waals surface area contributed by atoms with Crippen LogP contribution in [-0.2, 0) is 27.5 Å². The molecule has 0 aliphatic carbocycles. The maximum atomic E-state index is 13.1. The number of ether oxygens (including phenoxy) is 1. The number of carbonyl (C=O) groups excluding carboxylic acids is 1. The van der Waals surface area contributed by atoms with E-state index < -0.39 is 39.1 Å². The highest BCUT2D eigenvalue weighted by Crippen LogP contribution is 2.31. The SMILES string of the molecule is COc1ccc(CNC(=O)CN(CCC(C)C)S(=O)(=O)c2cccc(C(F)(F)F)c2)cc1. The Labute approximate surface area is 186 Å². The summed E-state index contributed by atoms with van der Waals surface area (Å²) in [6.07, 6.45) is -4.23. The van der Waals surface area contributed by atoms with Gasteiger partial charge in [0.2, 0.25) is 15.9 Å². The summed E-state index contributed by atoms with van der Waals surface area (Å²) in [7, 11) is -2.78. The molecule has 0 unspecified atom stereocenters. The fourth-order valence-corrected chi connectivity index (χ4v) is 4.29. The van der Waals surface area contributed by atoms with E-state index in [0.717, 1.165) is 28.1 Å². The maximum absolute atomic E-state index is 13.1. The average Bonchev–Trinajstić information content (AvgIpc) is 2.74. The summed E-state index contributed by atoms with van der Waals surface area (Å²) in [5, 5.41) is 2.65. The molecule has 0 heterocycles. The molecular weight excluding hydrogens is 445 g/mol. The molecule has 0 aromatic heterocycles. The first-order valence-electron chi connectivity index (χ1n) is 10.0. The molecule has 2 aromatic rings. The number of carbonyl (C=O) groups is 1. The third kappa shape index (κ3) is 7.23. The number of nitrogens with one attached hydrogen (secondary N) is 1. The Kier molecular flexibility index (Phi) is 8.68. The van der Waals surface area contributed by atoms with Crippen LogP contribution in [0.15, 0.2) is 53.4 Å². The molecule has 0 atom stereocenters. The summed E-state index contributed by atoms with van der Waals surface area (Å²) in [6.45, 7) is 3.45. The van der Waals surface area contributed by atoms with Crippen LogP contribution >= 0.6 is 0 Å². The van der Waals surface area contributed by atoms with Crippen LogP contribution in [0.25, 0.3) is 0 Å². The number of methoxy groups -OCH3 is 1. The standard InChI is InChI=1S/C22H27F3N2O4S/c1-16(2)11-12-27(15-21(28)26-14-17-7-9-19(31-3)10-8-17)32(29,30)20-6-4-5-18(13-20)22(23,24)25/h4-10,13,16H,11-12,14-15H2,1-3H3,(H,26,28). The summed E-state index contributed by atoms with van der Waals surface area (Å²) in [5.74, 6) is 0.240. The van der Waals surface area contributed by atoms with Gasteiger partial charge in [-0.15, -0.1) is 0 Å². The molecule has 0 bridgehead atoms. The molecule has 1 amide bonds. The lowest BCUT2D eigenvalue weighted by Gasteiger charge is -2.23. The number of benzene rings is 2. The lowest BCUT2D eigenvalue weighted by Crippen LogP contribution is -2.41. The molecule has 0 saturated heterocycles. The molecule has 6 nitrogen and oxygen atoms in total. The number of sulfonamides is 1. The number of hydrogen-bond acceptors (Lipinski definition) is 4. The zero-order valence-electron chi connectivity index (χ0n) is 18.1. The van der Waals surface area contributed by atoms with Crippen molar-refractivity contribution in [3.05, 3.63) is 59.7 Å². The van der Waals surface area contributed by atoms with Crippen LogP contribution in [0.2, 0.25) is 0 Å². The lowest BCUT2D eigenvalue weighted by molar-refractivity contribution is -0.137. The first kappa shape index (κ1) is 25.7. The molecule has 176 valence electrons. The topological polar surface area (TPSA) is 75.7 Å². The van der Waals surface area contributed by atoms with Crippen molar-refractivity contribution in [2.24, 2.45) is 5.92 Å². The van der Waals surface area contributed by atoms with Gasteiger partial charge in [0.15, 0.2) is 0 Å². The van der Waals surface area contributed by atoms with Gasteiger partial charge in [-0.2, -0.15) is 17.5 Å². The van der Waals surface area contributed by atoms with E-state index in [2.05, 4.69) is 5.32 Å². The Bertz CT molecular complexity index is 1010. The number of rotatable bonds is 10. The lowest BCUT2D eigenvalue weighted by atomic mass is 10.1. The van der Waals surface area contributed by atoms with Gasteiger partial charge in [-0.1, -0.05) is 32.0 Å². The Morgan fingerprint density at radius 2 is 1.78 bits per heavy atom. The van der Waals surface area contributed by atoms with E-state index in [1.54, 1.807) is 24.3 Å². The van der Waals surface area contributed by atoms with E-state index in [0.29, 0.717) is 18.2 Å². The van der Waals surface area contributed by atoms with Gasteiger partial charge in [-0.3, -0.25) is 4.79 Å². The van der Waals surface area contributed by atoms with E-state index >= 15 is 0 Å². The molecule has 0 fully saturated rings. The number of hydrogen-bond donors (Lipinski definition) is 1. The fraction of sp³-hybridized carbons (Fsp3) is 0.409. The molecule has 0 aliphatic rings. The predicted octanol–water partition coefficient (Wildman–Crippen LogP) is 4.07. The van der Waals surface area contributed by atoms with E-state index in [4.69, 9.17) is 4.74 Å². The van der Waals surface area contributed by atoms with Crippen molar-refractivity contribution in [2.75, 3.05) is 20.2 Å². The van der Waals surface area contributed by atoms with Crippen molar-refractivity contribution in [3.63, 3.8) is 0 Å². The van der Waals surface area contributed by atoms with Gasteiger partial charge in [-0.25, -0.2) is 8.42 Å². The molecule has 2 rings (SSSR count). The quantitative estimate of drug-likeness (QED) is 0.566. The minimum absolute atomic E-state index is 0.00615. The third-order valence-electron chi connectivity index (χ3n) is 4.72. The molecule has 10 heteroatoms. The van der Waals surface area contributed by atoms with Crippen LogP contribution in [0, 0.1) is 5.92 Å². The molecule has 0 spiro atoms. The van der Waals surface area contributed by atoms with Gasteiger partial charge in [-0.05, 0) is 48.2 Å². The second-order valence-corrected chi connectivity index (χ2v) is 9.61. The molecular formula is C22H27F3N2O4S. The van der Waals surface area contributed by atoms with E-state index in [-0.39, 0.29) is 19.0 Å². The van der Waals surface area contributed by atoms with Crippen LogP contribution < -0.4 is 10.1 Å². The summed E-state index contributed by atoms with van der Waals surface area (Å²) in [6, 6.07) is 10.5. The molecule has 0 saturated carbocycles. The number of amides is 1. The first-order valence-corrected chi connectivity index (χ1v) is 11.4. The Hall–Kier alpha value is -2.59. The van der Waals surface area contributed by atoms with Gasteiger partial charge < -0.3 is 10.1 Å². The van der Waals surface area contributed by atoms with E-state index in [1.807, 2.05) is 13.8 Å². The highest BCUT2D eigenvalue weighted by molar-refractivity contribution is 7.89. The summed E-state index contributed by atoms with van der Waals surface area (Å²) in [5.41, 5.74) is -0.278. The zero-order chi connectivity index (χ0) is 23.9. The largest absolute Gasteiger partial charge is 0.497 e. The van der Waals surface area contributed by atoms with Crippen LogP contribution in [0.4, 0.5) is 13.2 Å². The maximum Gasteiger partial charge on any atom is 0.416 e. The highest BCUT2D eigenvalue weighted by Gasteiger charge is 2.33. The monoisotopic (exact) mass is 472 g/mol. The van der Waals surface area contributed by atoms with E-state index in [9.17, 15) is 26.4 Å².